The topological polar surface area (TPSA) is 118 Å². The Morgan fingerprint density at radius 3 is 2.48 bits per heavy atom. The number of aromatic nitrogens is 3. The van der Waals surface area contributed by atoms with Gasteiger partial charge in [-0.2, -0.15) is 0 Å². The van der Waals surface area contributed by atoms with Crippen molar-refractivity contribution in [2.45, 2.75) is 25.7 Å². The molecule has 1 aromatic carbocycles. The molecule has 0 unspecified atom stereocenters. The summed E-state index contributed by atoms with van der Waals surface area (Å²) < 4.78 is 33.2. The highest BCUT2D eigenvalue weighted by Crippen LogP contribution is 2.21. The number of pyridine rings is 1. The van der Waals surface area contributed by atoms with Crippen molar-refractivity contribution in [3.8, 4) is 5.75 Å². The summed E-state index contributed by atoms with van der Waals surface area (Å²) in [6, 6.07) is 12.1. The lowest BCUT2D eigenvalue weighted by atomic mass is 10.2. The molecular formula is C21H26N6O3S. The Hall–Kier alpha value is -3.24. The fourth-order valence-corrected chi connectivity index (χ4v) is 3.97. The highest BCUT2D eigenvalue weighted by molar-refractivity contribution is 7.89. The van der Waals surface area contributed by atoms with Crippen LogP contribution in [0.3, 0.4) is 0 Å². The van der Waals surface area contributed by atoms with Crippen LogP contribution >= 0.6 is 0 Å². The molecule has 0 amide bonds. The zero-order chi connectivity index (χ0) is 22.3. The smallest absolute Gasteiger partial charge is 0.240 e. The zero-order valence-corrected chi connectivity index (χ0v) is 18.5. The first kappa shape index (κ1) is 22.4. The summed E-state index contributed by atoms with van der Waals surface area (Å²) in [5.74, 6) is 3.11. The van der Waals surface area contributed by atoms with E-state index in [9.17, 15) is 8.42 Å². The molecule has 0 aliphatic carbocycles. The van der Waals surface area contributed by atoms with E-state index in [0.717, 1.165) is 5.56 Å². The molecule has 9 nitrogen and oxygen atoms in total. The third-order valence-corrected chi connectivity index (χ3v) is 5.70. The molecule has 164 valence electrons. The van der Waals surface area contributed by atoms with Crippen LogP contribution in [0.4, 0.5) is 17.5 Å². The first-order chi connectivity index (χ1) is 14.9. The van der Waals surface area contributed by atoms with E-state index < -0.39 is 10.0 Å². The average Bonchev–Trinajstić information content (AvgIpc) is 2.73. The van der Waals surface area contributed by atoms with Gasteiger partial charge in [0.1, 0.15) is 29.0 Å². The Kier molecular flexibility index (Phi) is 7.37. The number of nitrogens with zero attached hydrogens (tertiary/aromatic N) is 3. The highest BCUT2D eigenvalue weighted by Gasteiger charge is 2.15. The minimum Gasteiger partial charge on any atom is -0.494 e. The molecule has 3 N–H and O–H groups in total. The summed E-state index contributed by atoms with van der Waals surface area (Å²) >= 11 is 0. The van der Waals surface area contributed by atoms with E-state index >= 15 is 0 Å². The molecule has 2 aromatic heterocycles. The van der Waals surface area contributed by atoms with Crippen LogP contribution < -0.4 is 20.1 Å². The van der Waals surface area contributed by atoms with Crippen LogP contribution in [-0.4, -0.2) is 43.1 Å². The minimum absolute atomic E-state index is 0.195. The summed E-state index contributed by atoms with van der Waals surface area (Å²) in [6.07, 6.45) is 1.69. The molecule has 10 heteroatoms. The standard InChI is InChI=1S/C21H26N6O3S/c1-4-30-18-9-8-17(13-15(18)2)31(28,29)24-12-11-23-20-14-21(26-16(3)25-20)27-19-7-5-6-10-22-19/h5-10,13-14,24H,4,11-12H2,1-3H3,(H2,22,23,25,26,27). The van der Waals surface area contributed by atoms with Crippen LogP contribution in [0.1, 0.15) is 18.3 Å². The molecule has 0 fully saturated rings. The number of sulfonamides is 1. The molecule has 3 aromatic rings. The van der Waals surface area contributed by atoms with Crippen molar-refractivity contribution in [2.75, 3.05) is 30.3 Å². The van der Waals surface area contributed by atoms with Crippen molar-refractivity contribution < 1.29 is 13.2 Å². The van der Waals surface area contributed by atoms with E-state index in [4.69, 9.17) is 4.74 Å². The number of anilines is 3. The number of benzene rings is 1. The normalized spacial score (nSPS) is 11.2. The number of rotatable bonds is 10. The van der Waals surface area contributed by atoms with E-state index in [1.54, 1.807) is 31.3 Å². The van der Waals surface area contributed by atoms with Gasteiger partial charge in [0, 0.05) is 25.4 Å². The molecule has 2 heterocycles. The van der Waals surface area contributed by atoms with Gasteiger partial charge in [0.05, 0.1) is 11.5 Å². The Bertz CT molecular complexity index is 1120. The van der Waals surface area contributed by atoms with Gasteiger partial charge in [-0.25, -0.2) is 28.1 Å². The predicted molar refractivity (Wildman–Crippen MR) is 120 cm³/mol. The lowest BCUT2D eigenvalue weighted by molar-refractivity contribution is 0.337. The largest absolute Gasteiger partial charge is 0.494 e. The van der Waals surface area contributed by atoms with Crippen molar-refractivity contribution in [3.63, 3.8) is 0 Å². The number of nitrogens with one attached hydrogen (secondary N) is 3. The summed E-state index contributed by atoms with van der Waals surface area (Å²) in [4.78, 5) is 13.1. The number of ether oxygens (including phenoxy) is 1. The van der Waals surface area contributed by atoms with Gasteiger partial charge in [-0.05, 0) is 56.7 Å². The Morgan fingerprint density at radius 1 is 0.968 bits per heavy atom. The maximum Gasteiger partial charge on any atom is 0.240 e. The Morgan fingerprint density at radius 2 is 1.77 bits per heavy atom. The van der Waals surface area contributed by atoms with E-state index in [1.807, 2.05) is 32.0 Å². The van der Waals surface area contributed by atoms with Crippen LogP contribution in [0.25, 0.3) is 0 Å². The summed E-state index contributed by atoms with van der Waals surface area (Å²) in [7, 11) is -3.62. The van der Waals surface area contributed by atoms with Crippen LogP contribution in [0, 0.1) is 13.8 Å². The second kappa shape index (κ2) is 10.2. The molecule has 0 atom stereocenters. The highest BCUT2D eigenvalue weighted by atomic mass is 32.2. The van der Waals surface area contributed by atoms with Gasteiger partial charge in [-0.1, -0.05) is 6.07 Å². The van der Waals surface area contributed by atoms with Gasteiger partial charge < -0.3 is 15.4 Å². The zero-order valence-electron chi connectivity index (χ0n) is 17.7. The number of hydrogen-bond donors (Lipinski definition) is 3. The molecular weight excluding hydrogens is 416 g/mol. The molecule has 0 spiro atoms. The fraction of sp³-hybridized carbons (Fsp3) is 0.286. The van der Waals surface area contributed by atoms with Gasteiger partial charge in [-0.15, -0.1) is 0 Å². The third kappa shape index (κ3) is 6.37. The van der Waals surface area contributed by atoms with Gasteiger partial charge in [-0.3, -0.25) is 0 Å². The average molecular weight is 443 g/mol. The van der Waals surface area contributed by atoms with Crippen molar-refractivity contribution in [1.82, 2.24) is 19.7 Å². The van der Waals surface area contributed by atoms with Crippen LogP contribution in [0.15, 0.2) is 53.6 Å². The van der Waals surface area contributed by atoms with Gasteiger partial charge in [0.25, 0.3) is 0 Å². The molecule has 0 saturated heterocycles. The molecule has 0 aliphatic rings. The van der Waals surface area contributed by atoms with Gasteiger partial charge in [0.15, 0.2) is 0 Å². The van der Waals surface area contributed by atoms with Crippen molar-refractivity contribution >= 4 is 27.5 Å². The number of hydrogen-bond acceptors (Lipinski definition) is 8. The molecule has 31 heavy (non-hydrogen) atoms. The quantitative estimate of drug-likeness (QED) is 0.410. The molecule has 0 aliphatic heterocycles. The van der Waals surface area contributed by atoms with E-state index in [2.05, 4.69) is 30.3 Å². The van der Waals surface area contributed by atoms with Crippen LogP contribution in [0.2, 0.25) is 0 Å². The maximum absolute atomic E-state index is 12.6. The fourth-order valence-electron chi connectivity index (χ4n) is 2.86. The van der Waals surface area contributed by atoms with Crippen molar-refractivity contribution in [3.05, 3.63) is 60.0 Å². The first-order valence-corrected chi connectivity index (χ1v) is 11.4. The van der Waals surface area contributed by atoms with Gasteiger partial charge >= 0.3 is 0 Å². The molecule has 0 saturated carbocycles. The molecule has 3 rings (SSSR count). The van der Waals surface area contributed by atoms with E-state index in [0.29, 0.717) is 42.2 Å². The summed E-state index contributed by atoms with van der Waals surface area (Å²) in [5, 5.41) is 6.23. The summed E-state index contributed by atoms with van der Waals surface area (Å²) in [5.41, 5.74) is 0.771. The van der Waals surface area contributed by atoms with E-state index in [1.165, 1.54) is 6.07 Å². The van der Waals surface area contributed by atoms with Gasteiger partial charge in [0.2, 0.25) is 10.0 Å². The number of aryl methyl sites for hydroxylation is 2. The Balaban J connectivity index is 1.57. The SMILES string of the molecule is CCOc1ccc(S(=O)(=O)NCCNc2cc(Nc3ccccn3)nc(C)n2)cc1C. The third-order valence-electron chi connectivity index (χ3n) is 4.24. The second-order valence-corrected chi connectivity index (χ2v) is 8.48. The predicted octanol–water partition coefficient (Wildman–Crippen LogP) is 3.02. The van der Waals surface area contributed by atoms with E-state index in [-0.39, 0.29) is 11.4 Å². The molecule has 0 bridgehead atoms. The monoisotopic (exact) mass is 442 g/mol. The van der Waals surface area contributed by atoms with Crippen molar-refractivity contribution in [2.24, 2.45) is 0 Å². The lowest BCUT2D eigenvalue weighted by Crippen LogP contribution is -2.29. The Labute approximate surface area is 182 Å². The lowest BCUT2D eigenvalue weighted by Gasteiger charge is -2.12. The molecule has 0 radical (unpaired) electrons. The van der Waals surface area contributed by atoms with Crippen LogP contribution in [0.5, 0.6) is 5.75 Å². The van der Waals surface area contributed by atoms with Crippen molar-refractivity contribution in [1.29, 1.82) is 0 Å². The first-order valence-electron chi connectivity index (χ1n) is 9.88. The minimum atomic E-state index is -3.62. The summed E-state index contributed by atoms with van der Waals surface area (Å²) in [6.45, 7) is 6.56. The second-order valence-electron chi connectivity index (χ2n) is 6.71. The maximum atomic E-state index is 12.6. The van der Waals surface area contributed by atoms with Crippen LogP contribution in [-0.2, 0) is 10.0 Å².